The Morgan fingerprint density at radius 1 is 1.12 bits per heavy atom. The molecule has 0 aliphatic heterocycles. The lowest BCUT2D eigenvalue weighted by Crippen LogP contribution is -2.35. The topological polar surface area (TPSA) is 55.4 Å². The van der Waals surface area contributed by atoms with Gasteiger partial charge < -0.3 is 10.1 Å². The van der Waals surface area contributed by atoms with Crippen LogP contribution in [0.15, 0.2) is 30.3 Å². The predicted molar refractivity (Wildman–Crippen MR) is 97.9 cm³/mol. The van der Waals surface area contributed by atoms with Gasteiger partial charge in [0, 0.05) is 20.8 Å². The Kier molecular flexibility index (Phi) is 4.24. The highest BCUT2D eigenvalue weighted by molar-refractivity contribution is 7.33. The second-order valence-corrected chi connectivity index (χ2v) is 8.16. The average Bonchev–Trinajstić information content (AvgIpc) is 3.28. The Bertz CT molecular complexity index is 905. The Balaban J connectivity index is 1.42. The molecule has 124 valence electrons. The van der Waals surface area contributed by atoms with Gasteiger partial charge >= 0.3 is 5.97 Å². The van der Waals surface area contributed by atoms with E-state index in [1.807, 2.05) is 18.2 Å². The summed E-state index contributed by atoms with van der Waals surface area (Å²) < 4.78 is 8.59. The molecule has 1 saturated carbocycles. The van der Waals surface area contributed by atoms with Crippen molar-refractivity contribution in [2.75, 3.05) is 6.61 Å². The lowest BCUT2D eigenvalue weighted by atomic mass is 10.2. The number of hydrogen-bond acceptors (Lipinski definition) is 5. The number of amides is 1. The number of thiophene rings is 2. The second kappa shape index (κ2) is 6.53. The summed E-state index contributed by atoms with van der Waals surface area (Å²) in [5.74, 6) is -0.631. The fraction of sp³-hybridized carbons (Fsp3) is 0.333. The molecule has 1 N–H and O–H groups in total. The summed E-state index contributed by atoms with van der Waals surface area (Å²) >= 11 is 3.10. The van der Waals surface area contributed by atoms with Crippen LogP contribution in [0.5, 0.6) is 0 Å². The number of nitrogens with one attached hydrogen (secondary N) is 1. The molecular weight excluding hydrogens is 342 g/mol. The lowest BCUT2D eigenvalue weighted by molar-refractivity contribution is -0.124. The predicted octanol–water partition coefficient (Wildman–Crippen LogP) is 4.33. The number of carbonyl (C=O) groups is 2. The summed E-state index contributed by atoms with van der Waals surface area (Å²) in [6.45, 7) is -0.207. The van der Waals surface area contributed by atoms with Gasteiger partial charge in [-0.1, -0.05) is 31.0 Å². The first-order valence-corrected chi connectivity index (χ1v) is 9.71. The van der Waals surface area contributed by atoms with E-state index in [9.17, 15) is 9.59 Å². The number of fused-ring (bicyclic) bond motifs is 3. The van der Waals surface area contributed by atoms with Gasteiger partial charge in [0.15, 0.2) is 6.61 Å². The molecule has 2 aromatic heterocycles. The molecule has 1 aliphatic carbocycles. The van der Waals surface area contributed by atoms with Gasteiger partial charge in [0.25, 0.3) is 5.91 Å². The van der Waals surface area contributed by atoms with Crippen molar-refractivity contribution >= 4 is 54.0 Å². The van der Waals surface area contributed by atoms with Crippen molar-refractivity contribution in [3.63, 3.8) is 0 Å². The minimum absolute atomic E-state index is 0.207. The molecular formula is C18H17NO3S2. The maximum Gasteiger partial charge on any atom is 0.348 e. The molecule has 2 heterocycles. The molecule has 1 fully saturated rings. The van der Waals surface area contributed by atoms with Crippen molar-refractivity contribution in [1.29, 1.82) is 0 Å². The smallest absolute Gasteiger partial charge is 0.348 e. The molecule has 0 bridgehead atoms. The van der Waals surface area contributed by atoms with E-state index in [-0.39, 0.29) is 18.6 Å². The van der Waals surface area contributed by atoms with E-state index < -0.39 is 5.97 Å². The normalized spacial score (nSPS) is 15.2. The third kappa shape index (κ3) is 3.03. The molecule has 0 unspecified atom stereocenters. The first kappa shape index (κ1) is 15.6. The van der Waals surface area contributed by atoms with Gasteiger partial charge in [-0.25, -0.2) is 4.79 Å². The van der Waals surface area contributed by atoms with Crippen LogP contribution < -0.4 is 5.32 Å². The fourth-order valence-corrected chi connectivity index (χ4v) is 5.56. The van der Waals surface area contributed by atoms with Gasteiger partial charge in [-0.15, -0.1) is 22.7 Å². The summed E-state index contributed by atoms with van der Waals surface area (Å²) in [5, 5.41) is 4.09. The van der Waals surface area contributed by atoms with E-state index >= 15 is 0 Å². The van der Waals surface area contributed by atoms with E-state index in [0.717, 1.165) is 35.1 Å². The number of esters is 1. The Morgan fingerprint density at radius 3 is 2.75 bits per heavy atom. The molecule has 0 saturated heterocycles. The standard InChI is InChI=1S/C18H17NO3S2/c20-16(19-11-5-1-2-6-11)10-22-18(21)15-9-14-17(24-15)12-7-3-4-8-13(12)23-14/h3-4,7-9,11H,1-2,5-6,10H2,(H,19,20). The zero-order chi connectivity index (χ0) is 16.5. The number of rotatable bonds is 4. The fourth-order valence-electron chi connectivity index (χ4n) is 3.14. The SMILES string of the molecule is O=C(COC(=O)c1cc2sc3ccccc3c2s1)NC1CCCC1. The lowest BCUT2D eigenvalue weighted by Gasteiger charge is -2.11. The van der Waals surface area contributed by atoms with Crippen molar-refractivity contribution in [1.82, 2.24) is 5.32 Å². The highest BCUT2D eigenvalue weighted by Gasteiger charge is 2.19. The third-order valence-corrected chi connectivity index (χ3v) is 6.70. The van der Waals surface area contributed by atoms with E-state index in [2.05, 4.69) is 17.4 Å². The Labute approximate surface area is 147 Å². The summed E-state index contributed by atoms with van der Waals surface area (Å²) in [7, 11) is 0. The molecule has 0 atom stereocenters. The minimum atomic E-state index is -0.422. The van der Waals surface area contributed by atoms with Gasteiger partial charge in [0.2, 0.25) is 0 Å². The zero-order valence-electron chi connectivity index (χ0n) is 13.0. The van der Waals surface area contributed by atoms with Crippen LogP contribution in [0.4, 0.5) is 0 Å². The van der Waals surface area contributed by atoms with Crippen LogP contribution in [-0.2, 0) is 9.53 Å². The average molecular weight is 359 g/mol. The highest BCUT2D eigenvalue weighted by atomic mass is 32.1. The van der Waals surface area contributed by atoms with Crippen molar-refractivity contribution in [3.8, 4) is 0 Å². The largest absolute Gasteiger partial charge is 0.451 e. The molecule has 1 aromatic carbocycles. The van der Waals surface area contributed by atoms with Crippen molar-refractivity contribution in [2.24, 2.45) is 0 Å². The van der Waals surface area contributed by atoms with E-state index in [4.69, 9.17) is 4.74 Å². The number of hydrogen-bond donors (Lipinski definition) is 1. The quantitative estimate of drug-likeness (QED) is 0.705. The van der Waals surface area contributed by atoms with Crippen LogP contribution in [0.25, 0.3) is 19.5 Å². The van der Waals surface area contributed by atoms with Crippen molar-refractivity contribution < 1.29 is 14.3 Å². The van der Waals surface area contributed by atoms with E-state index in [1.165, 1.54) is 21.4 Å². The summed E-state index contributed by atoms with van der Waals surface area (Å²) in [6.07, 6.45) is 4.36. The van der Waals surface area contributed by atoms with Crippen molar-refractivity contribution in [2.45, 2.75) is 31.7 Å². The zero-order valence-corrected chi connectivity index (χ0v) is 14.7. The van der Waals surface area contributed by atoms with Gasteiger partial charge in [0.1, 0.15) is 4.88 Å². The molecule has 4 rings (SSSR count). The molecule has 3 aromatic rings. The first-order valence-electron chi connectivity index (χ1n) is 8.08. The summed E-state index contributed by atoms with van der Waals surface area (Å²) in [5.41, 5.74) is 0. The van der Waals surface area contributed by atoms with Crippen LogP contribution in [-0.4, -0.2) is 24.5 Å². The highest BCUT2D eigenvalue weighted by Crippen LogP contribution is 2.39. The summed E-state index contributed by atoms with van der Waals surface area (Å²) in [6, 6.07) is 10.3. The second-order valence-electron chi connectivity index (χ2n) is 6.03. The van der Waals surface area contributed by atoms with Crippen LogP contribution in [0, 0.1) is 0 Å². The van der Waals surface area contributed by atoms with Gasteiger partial charge in [-0.3, -0.25) is 4.79 Å². The number of ether oxygens (including phenoxy) is 1. The van der Waals surface area contributed by atoms with E-state index in [0.29, 0.717) is 4.88 Å². The molecule has 6 heteroatoms. The van der Waals surface area contributed by atoms with Gasteiger partial charge in [-0.2, -0.15) is 0 Å². The maximum atomic E-state index is 12.2. The van der Waals surface area contributed by atoms with Crippen LogP contribution >= 0.6 is 22.7 Å². The molecule has 1 amide bonds. The van der Waals surface area contributed by atoms with Crippen LogP contribution in [0.2, 0.25) is 0 Å². The number of carbonyl (C=O) groups excluding carboxylic acids is 2. The molecule has 0 spiro atoms. The Morgan fingerprint density at radius 2 is 1.92 bits per heavy atom. The van der Waals surface area contributed by atoms with E-state index in [1.54, 1.807) is 11.3 Å². The van der Waals surface area contributed by atoms with Gasteiger partial charge in [0.05, 0.1) is 4.70 Å². The number of benzene rings is 1. The minimum Gasteiger partial charge on any atom is -0.451 e. The molecule has 24 heavy (non-hydrogen) atoms. The third-order valence-electron chi connectivity index (χ3n) is 4.31. The molecule has 1 aliphatic rings. The van der Waals surface area contributed by atoms with Crippen LogP contribution in [0.1, 0.15) is 35.4 Å². The Hall–Kier alpha value is -1.92. The first-order chi connectivity index (χ1) is 11.7. The monoisotopic (exact) mass is 359 g/mol. The summed E-state index contributed by atoms with van der Waals surface area (Å²) in [4.78, 5) is 24.6. The molecule has 0 radical (unpaired) electrons. The van der Waals surface area contributed by atoms with Crippen molar-refractivity contribution in [3.05, 3.63) is 35.2 Å². The van der Waals surface area contributed by atoms with Gasteiger partial charge in [-0.05, 0) is 25.0 Å². The molecule has 4 nitrogen and oxygen atoms in total. The van der Waals surface area contributed by atoms with Crippen LogP contribution in [0.3, 0.4) is 0 Å². The maximum absolute atomic E-state index is 12.2.